The molecule has 1 N–H and O–H groups in total. The van der Waals surface area contributed by atoms with E-state index < -0.39 is 11.9 Å². The van der Waals surface area contributed by atoms with Crippen molar-refractivity contribution >= 4 is 79.2 Å². The summed E-state index contributed by atoms with van der Waals surface area (Å²) in [6.45, 7) is 1.22. The second-order valence-electron chi connectivity index (χ2n) is 2.39. The van der Waals surface area contributed by atoms with E-state index >= 15 is 0 Å². The number of carbonyl (C=O) groups excluding carboxylic acids is 1. The predicted octanol–water partition coefficient (Wildman–Crippen LogP) is -0.255. The zero-order valence-corrected chi connectivity index (χ0v) is 6.98. The molecule has 0 saturated carbocycles. The molecule has 1 aromatic carbocycles. The molecule has 0 saturated heterocycles. The summed E-state index contributed by atoms with van der Waals surface area (Å²) in [5.41, 5.74) is -0.0160. The number of hydrogen-bond acceptors (Lipinski definition) is 3. The first-order chi connectivity index (χ1) is 6.11. The Morgan fingerprint density at radius 2 is 1.80 bits per heavy atom. The summed E-state index contributed by atoms with van der Waals surface area (Å²) < 4.78 is 4.69. The average molecular weight is 246 g/mol. The molecule has 1 rings (SSSR count). The fourth-order valence-corrected chi connectivity index (χ4v) is 0.887. The Bertz CT molecular complexity index is 354. The SMILES string of the molecule is CC(=O)Oc1ccccc1C(=O)O.[CaH2].[NaH]. The molecule has 0 aliphatic carbocycles. The number of para-hydroxylation sites is 1. The monoisotopic (exact) mass is 246 g/mol. The van der Waals surface area contributed by atoms with Crippen molar-refractivity contribution in [3.63, 3.8) is 0 Å². The number of aromatic carboxylic acids is 1. The van der Waals surface area contributed by atoms with Crippen molar-refractivity contribution < 1.29 is 19.4 Å². The van der Waals surface area contributed by atoms with Crippen molar-refractivity contribution in [2.75, 3.05) is 0 Å². The van der Waals surface area contributed by atoms with Gasteiger partial charge in [-0.25, -0.2) is 4.79 Å². The van der Waals surface area contributed by atoms with Gasteiger partial charge < -0.3 is 9.84 Å². The van der Waals surface area contributed by atoms with Crippen LogP contribution in [0.5, 0.6) is 5.75 Å². The van der Waals surface area contributed by atoms with E-state index in [0.717, 1.165) is 0 Å². The van der Waals surface area contributed by atoms with Crippen molar-refractivity contribution in [3.05, 3.63) is 29.8 Å². The molecule has 0 radical (unpaired) electrons. The number of carboxylic acids is 1. The average Bonchev–Trinajstić information content (AvgIpc) is 2.03. The summed E-state index contributed by atoms with van der Waals surface area (Å²) in [5.74, 6) is -1.58. The Morgan fingerprint density at radius 3 is 2.27 bits per heavy atom. The summed E-state index contributed by atoms with van der Waals surface area (Å²) in [6, 6.07) is 5.98. The van der Waals surface area contributed by atoms with Gasteiger partial charge in [-0.3, -0.25) is 4.79 Å². The molecule has 6 heteroatoms. The van der Waals surface area contributed by atoms with Crippen LogP contribution in [0.3, 0.4) is 0 Å². The molecule has 1 aromatic rings. The topological polar surface area (TPSA) is 63.6 Å². The molecule has 0 aliphatic heterocycles. The number of hydrogen-bond donors (Lipinski definition) is 1. The van der Waals surface area contributed by atoms with Gasteiger partial charge in [-0.05, 0) is 12.1 Å². The summed E-state index contributed by atoms with van der Waals surface area (Å²) in [6.07, 6.45) is 0. The maximum atomic E-state index is 10.6. The van der Waals surface area contributed by atoms with Crippen LogP contribution in [0, 0.1) is 0 Å². The number of ether oxygens (including phenoxy) is 1. The van der Waals surface area contributed by atoms with Crippen molar-refractivity contribution in [2.24, 2.45) is 0 Å². The molecule has 15 heavy (non-hydrogen) atoms. The summed E-state index contributed by atoms with van der Waals surface area (Å²) in [4.78, 5) is 21.2. The van der Waals surface area contributed by atoms with Gasteiger partial charge in [0.25, 0.3) is 0 Å². The van der Waals surface area contributed by atoms with Gasteiger partial charge in [-0.1, -0.05) is 12.1 Å². The van der Waals surface area contributed by atoms with Gasteiger partial charge in [0.15, 0.2) is 0 Å². The Morgan fingerprint density at radius 1 is 1.27 bits per heavy atom. The summed E-state index contributed by atoms with van der Waals surface area (Å²) in [5, 5.41) is 8.69. The number of carbonyl (C=O) groups is 2. The Kier molecular flexibility index (Phi) is 10.2. The third kappa shape index (κ3) is 5.90. The number of carboxylic acid groups (broad SMARTS) is 1. The number of benzene rings is 1. The van der Waals surface area contributed by atoms with Crippen LogP contribution in [0.2, 0.25) is 0 Å². The van der Waals surface area contributed by atoms with Gasteiger partial charge in [-0.2, -0.15) is 0 Å². The molecule has 0 bridgehead atoms. The van der Waals surface area contributed by atoms with Crippen molar-refractivity contribution in [1.29, 1.82) is 0 Å². The predicted molar refractivity (Wildman–Crippen MR) is 60.4 cm³/mol. The summed E-state index contributed by atoms with van der Waals surface area (Å²) >= 11 is 0. The molecule has 0 fully saturated rings. The molecule has 0 amide bonds. The van der Waals surface area contributed by atoms with Gasteiger partial charge >= 0.3 is 79.2 Å². The minimum absolute atomic E-state index is 0. The van der Waals surface area contributed by atoms with Crippen molar-refractivity contribution in [3.8, 4) is 5.75 Å². The first-order valence-electron chi connectivity index (χ1n) is 3.62. The van der Waals surface area contributed by atoms with Crippen LogP contribution >= 0.6 is 0 Å². The van der Waals surface area contributed by atoms with E-state index in [9.17, 15) is 9.59 Å². The number of esters is 1. The normalized spacial score (nSPS) is 8.07. The van der Waals surface area contributed by atoms with Gasteiger partial charge in [0.1, 0.15) is 11.3 Å². The molecular weight excluding hydrogens is 235 g/mol. The Hall–Kier alpha value is 0.420. The van der Waals surface area contributed by atoms with Crippen LogP contribution in [0.15, 0.2) is 24.3 Å². The van der Waals surface area contributed by atoms with Gasteiger partial charge in [0.2, 0.25) is 0 Å². The molecule has 0 aliphatic rings. The van der Waals surface area contributed by atoms with E-state index in [4.69, 9.17) is 5.11 Å². The Balaban J connectivity index is 0. The van der Waals surface area contributed by atoms with Crippen molar-refractivity contribution in [1.82, 2.24) is 0 Å². The van der Waals surface area contributed by atoms with Crippen LogP contribution in [0.1, 0.15) is 17.3 Å². The van der Waals surface area contributed by atoms with E-state index in [1.54, 1.807) is 12.1 Å². The third-order valence-electron chi connectivity index (χ3n) is 1.37. The van der Waals surface area contributed by atoms with Crippen molar-refractivity contribution in [2.45, 2.75) is 6.92 Å². The molecule has 0 aromatic heterocycles. The van der Waals surface area contributed by atoms with E-state index in [-0.39, 0.29) is 78.6 Å². The van der Waals surface area contributed by atoms with Crippen LogP contribution in [0.25, 0.3) is 0 Å². The zero-order chi connectivity index (χ0) is 9.84. The molecule has 0 unspecified atom stereocenters. The quantitative estimate of drug-likeness (QED) is 0.444. The maximum absolute atomic E-state index is 10.6. The van der Waals surface area contributed by atoms with Gasteiger partial charge in [0.05, 0.1) is 0 Å². The van der Waals surface area contributed by atoms with E-state index in [1.807, 2.05) is 0 Å². The molecule has 4 nitrogen and oxygen atoms in total. The number of rotatable bonds is 2. The Labute approximate surface area is 139 Å². The second-order valence-corrected chi connectivity index (χ2v) is 2.39. The van der Waals surface area contributed by atoms with Crippen LogP contribution in [0.4, 0.5) is 0 Å². The fraction of sp³-hybridized carbons (Fsp3) is 0.111. The standard InChI is InChI=1S/C9H8O4.Ca.Na.3H/c1-6(10)13-8-5-3-2-4-7(8)9(11)12;;;;;/h2-5H,1H3,(H,11,12);;;;;. The molecular formula is C9H11CaNaO4. The van der Waals surface area contributed by atoms with Crippen LogP contribution in [-0.4, -0.2) is 84.3 Å². The van der Waals surface area contributed by atoms with E-state index in [2.05, 4.69) is 4.74 Å². The first-order valence-corrected chi connectivity index (χ1v) is 3.62. The fourth-order valence-electron chi connectivity index (χ4n) is 0.887. The van der Waals surface area contributed by atoms with Crippen LogP contribution in [-0.2, 0) is 4.79 Å². The molecule has 0 atom stereocenters. The second kappa shape index (κ2) is 8.56. The van der Waals surface area contributed by atoms with E-state index in [1.165, 1.54) is 19.1 Å². The minimum atomic E-state index is -1.11. The molecule has 74 valence electrons. The molecule has 0 heterocycles. The van der Waals surface area contributed by atoms with E-state index in [0.29, 0.717) is 0 Å². The summed E-state index contributed by atoms with van der Waals surface area (Å²) in [7, 11) is 0. The first kappa shape index (κ1) is 17.8. The molecule has 0 spiro atoms. The zero-order valence-electron chi connectivity index (χ0n) is 6.98. The van der Waals surface area contributed by atoms with Crippen LogP contribution < -0.4 is 4.74 Å². The van der Waals surface area contributed by atoms with Gasteiger partial charge in [0, 0.05) is 6.92 Å². The third-order valence-corrected chi connectivity index (χ3v) is 1.37. The van der Waals surface area contributed by atoms with Gasteiger partial charge in [-0.15, -0.1) is 0 Å².